The molecule has 1 amide bonds. The summed E-state index contributed by atoms with van der Waals surface area (Å²) in [6.45, 7) is 6.11. The Morgan fingerprint density at radius 3 is 2.35 bits per heavy atom. The van der Waals surface area contributed by atoms with Crippen molar-refractivity contribution in [2.45, 2.75) is 26.9 Å². The van der Waals surface area contributed by atoms with E-state index in [-0.39, 0.29) is 23.8 Å². The van der Waals surface area contributed by atoms with Gasteiger partial charge in [-0.05, 0) is 55.3 Å². The summed E-state index contributed by atoms with van der Waals surface area (Å²) in [5, 5.41) is 3.29. The Kier molecular flexibility index (Phi) is 7.01. The standard InChI is InChI=1S/C27H27FN4O2/c1-3-31(4-2)27-30-24-16-21(25(33)29-17-19-10-13-22(28)14-11-19)12-15-23(24)26(34)32(27)18-20-8-6-5-7-9-20/h5-16H,3-4,17-18H2,1-2H3,(H,29,33). The third kappa shape index (κ3) is 4.98. The minimum absolute atomic E-state index is 0.144. The number of nitrogens with zero attached hydrogens (tertiary/aromatic N) is 3. The maximum absolute atomic E-state index is 13.5. The lowest BCUT2D eigenvalue weighted by atomic mass is 10.1. The van der Waals surface area contributed by atoms with E-state index in [0.29, 0.717) is 42.0 Å². The fraction of sp³-hybridized carbons (Fsp3) is 0.222. The molecule has 0 aliphatic heterocycles. The monoisotopic (exact) mass is 458 g/mol. The second-order valence-electron chi connectivity index (χ2n) is 8.00. The van der Waals surface area contributed by atoms with Crippen molar-refractivity contribution in [3.05, 3.63) is 106 Å². The first kappa shape index (κ1) is 23.2. The molecule has 0 saturated carbocycles. The largest absolute Gasteiger partial charge is 0.348 e. The first-order valence-electron chi connectivity index (χ1n) is 11.4. The van der Waals surface area contributed by atoms with Crippen molar-refractivity contribution in [2.24, 2.45) is 0 Å². The smallest absolute Gasteiger partial charge is 0.263 e. The van der Waals surface area contributed by atoms with Crippen molar-refractivity contribution in [3.63, 3.8) is 0 Å². The van der Waals surface area contributed by atoms with Crippen molar-refractivity contribution < 1.29 is 9.18 Å². The van der Waals surface area contributed by atoms with Crippen LogP contribution in [0.1, 0.15) is 35.3 Å². The van der Waals surface area contributed by atoms with Crippen molar-refractivity contribution in [1.82, 2.24) is 14.9 Å². The van der Waals surface area contributed by atoms with Crippen LogP contribution in [0.3, 0.4) is 0 Å². The van der Waals surface area contributed by atoms with Crippen LogP contribution in [0, 0.1) is 5.82 Å². The Bertz CT molecular complexity index is 1350. The highest BCUT2D eigenvalue weighted by atomic mass is 19.1. The number of aromatic nitrogens is 2. The van der Waals surface area contributed by atoms with E-state index in [1.54, 1.807) is 34.9 Å². The second kappa shape index (κ2) is 10.3. The summed E-state index contributed by atoms with van der Waals surface area (Å²) in [6.07, 6.45) is 0. The van der Waals surface area contributed by atoms with E-state index in [9.17, 15) is 14.0 Å². The molecule has 7 heteroatoms. The SMILES string of the molecule is CCN(CC)c1nc2cc(C(=O)NCc3ccc(F)cc3)ccc2c(=O)n1Cc1ccccc1. The molecule has 0 unspecified atom stereocenters. The van der Waals surface area contributed by atoms with Crippen LogP contribution in [0.4, 0.5) is 10.3 Å². The summed E-state index contributed by atoms with van der Waals surface area (Å²) >= 11 is 0. The fourth-order valence-corrected chi connectivity index (χ4v) is 3.89. The number of halogens is 1. The third-order valence-corrected chi connectivity index (χ3v) is 5.79. The van der Waals surface area contributed by atoms with Crippen LogP contribution in [0.15, 0.2) is 77.6 Å². The topological polar surface area (TPSA) is 67.2 Å². The highest BCUT2D eigenvalue weighted by Crippen LogP contribution is 2.18. The molecule has 174 valence electrons. The summed E-state index contributed by atoms with van der Waals surface area (Å²) in [5.41, 5.74) is 2.55. The summed E-state index contributed by atoms with van der Waals surface area (Å²) in [6, 6.07) is 20.7. The molecule has 34 heavy (non-hydrogen) atoms. The molecular weight excluding hydrogens is 431 g/mol. The zero-order valence-corrected chi connectivity index (χ0v) is 19.3. The van der Waals surface area contributed by atoms with Crippen molar-refractivity contribution in [2.75, 3.05) is 18.0 Å². The highest BCUT2D eigenvalue weighted by molar-refractivity contribution is 5.97. The molecule has 3 aromatic carbocycles. The molecule has 1 heterocycles. The van der Waals surface area contributed by atoms with Gasteiger partial charge >= 0.3 is 0 Å². The first-order valence-corrected chi connectivity index (χ1v) is 11.4. The lowest BCUT2D eigenvalue weighted by Crippen LogP contribution is -2.33. The fourth-order valence-electron chi connectivity index (χ4n) is 3.89. The molecule has 0 bridgehead atoms. The molecule has 1 aromatic heterocycles. The molecule has 0 saturated heterocycles. The van der Waals surface area contributed by atoms with Crippen LogP contribution in [0.5, 0.6) is 0 Å². The van der Waals surface area contributed by atoms with Crippen LogP contribution in [0.25, 0.3) is 10.9 Å². The van der Waals surface area contributed by atoms with E-state index in [0.717, 1.165) is 11.1 Å². The second-order valence-corrected chi connectivity index (χ2v) is 8.00. The summed E-state index contributed by atoms with van der Waals surface area (Å²) in [7, 11) is 0. The van der Waals surface area contributed by atoms with Gasteiger partial charge in [0.1, 0.15) is 5.82 Å². The minimum Gasteiger partial charge on any atom is -0.348 e. The van der Waals surface area contributed by atoms with Gasteiger partial charge in [-0.1, -0.05) is 42.5 Å². The van der Waals surface area contributed by atoms with Gasteiger partial charge in [0.05, 0.1) is 17.4 Å². The van der Waals surface area contributed by atoms with E-state index >= 15 is 0 Å². The van der Waals surface area contributed by atoms with E-state index < -0.39 is 0 Å². The van der Waals surface area contributed by atoms with Gasteiger partial charge in [0.25, 0.3) is 11.5 Å². The average Bonchev–Trinajstić information content (AvgIpc) is 2.86. The molecule has 1 N–H and O–H groups in total. The normalized spacial score (nSPS) is 10.9. The van der Waals surface area contributed by atoms with Crippen LogP contribution in [-0.4, -0.2) is 28.5 Å². The van der Waals surface area contributed by atoms with Gasteiger partial charge in [-0.3, -0.25) is 14.2 Å². The maximum Gasteiger partial charge on any atom is 0.263 e. The zero-order chi connectivity index (χ0) is 24.1. The average molecular weight is 459 g/mol. The summed E-state index contributed by atoms with van der Waals surface area (Å²) in [5.74, 6) is -0.0290. The summed E-state index contributed by atoms with van der Waals surface area (Å²) < 4.78 is 14.8. The third-order valence-electron chi connectivity index (χ3n) is 5.79. The van der Waals surface area contributed by atoms with Crippen LogP contribution in [-0.2, 0) is 13.1 Å². The summed E-state index contributed by atoms with van der Waals surface area (Å²) in [4.78, 5) is 33.1. The Balaban J connectivity index is 1.69. The Labute approximate surface area is 197 Å². The molecule has 6 nitrogen and oxygen atoms in total. The zero-order valence-electron chi connectivity index (χ0n) is 19.3. The van der Waals surface area contributed by atoms with Gasteiger partial charge in [-0.2, -0.15) is 0 Å². The van der Waals surface area contributed by atoms with Crippen LogP contribution < -0.4 is 15.8 Å². The maximum atomic E-state index is 13.5. The first-order chi connectivity index (χ1) is 16.5. The predicted molar refractivity (Wildman–Crippen MR) is 133 cm³/mol. The number of carbonyl (C=O) groups excluding carboxylic acids is 1. The number of fused-ring (bicyclic) bond motifs is 1. The van der Waals surface area contributed by atoms with Crippen molar-refractivity contribution in [1.29, 1.82) is 0 Å². The van der Waals surface area contributed by atoms with Gasteiger partial charge in [-0.15, -0.1) is 0 Å². The van der Waals surface area contributed by atoms with Gasteiger partial charge in [0.15, 0.2) is 0 Å². The number of amides is 1. The molecule has 0 radical (unpaired) electrons. The van der Waals surface area contributed by atoms with E-state index in [2.05, 4.69) is 5.32 Å². The number of rotatable bonds is 8. The van der Waals surface area contributed by atoms with Crippen LogP contribution >= 0.6 is 0 Å². The minimum atomic E-state index is -0.322. The van der Waals surface area contributed by atoms with Gasteiger partial charge in [-0.25, -0.2) is 9.37 Å². The Morgan fingerprint density at radius 1 is 0.971 bits per heavy atom. The molecule has 0 aliphatic carbocycles. The molecule has 0 spiro atoms. The van der Waals surface area contributed by atoms with Crippen LogP contribution in [0.2, 0.25) is 0 Å². The van der Waals surface area contributed by atoms with E-state index in [1.807, 2.05) is 49.1 Å². The molecular formula is C27H27FN4O2. The molecule has 0 aliphatic rings. The van der Waals surface area contributed by atoms with Crippen molar-refractivity contribution in [3.8, 4) is 0 Å². The number of benzene rings is 3. The van der Waals surface area contributed by atoms with Gasteiger partial charge in [0, 0.05) is 25.2 Å². The van der Waals surface area contributed by atoms with E-state index in [1.165, 1.54) is 12.1 Å². The highest BCUT2D eigenvalue weighted by Gasteiger charge is 2.17. The predicted octanol–water partition coefficient (Wildman–Crippen LogP) is 4.36. The van der Waals surface area contributed by atoms with Gasteiger partial charge in [0.2, 0.25) is 5.95 Å². The molecule has 4 rings (SSSR count). The number of nitrogens with one attached hydrogen (secondary N) is 1. The van der Waals surface area contributed by atoms with Crippen molar-refractivity contribution >= 4 is 22.8 Å². The quantitative estimate of drug-likeness (QED) is 0.426. The number of hydrogen-bond acceptors (Lipinski definition) is 4. The number of hydrogen-bond donors (Lipinski definition) is 1. The molecule has 0 fully saturated rings. The van der Waals surface area contributed by atoms with E-state index in [4.69, 9.17) is 4.98 Å². The lowest BCUT2D eigenvalue weighted by molar-refractivity contribution is 0.0951. The molecule has 4 aromatic rings. The lowest BCUT2D eigenvalue weighted by Gasteiger charge is -2.24. The molecule has 0 atom stereocenters. The Morgan fingerprint density at radius 2 is 1.68 bits per heavy atom. The Hall–Kier alpha value is -4.00. The van der Waals surface area contributed by atoms with Gasteiger partial charge < -0.3 is 10.2 Å². The number of carbonyl (C=O) groups is 1. The number of anilines is 1.